The fourth-order valence-corrected chi connectivity index (χ4v) is 2.76. The number of nitro groups is 1. The van der Waals surface area contributed by atoms with Crippen LogP contribution in [0.15, 0.2) is 18.2 Å². The van der Waals surface area contributed by atoms with Gasteiger partial charge in [-0.2, -0.15) is 0 Å². The molecule has 1 fully saturated rings. The third kappa shape index (κ3) is 3.64. The van der Waals surface area contributed by atoms with Crippen LogP contribution in [0.3, 0.4) is 0 Å². The number of rotatable bonds is 5. The highest BCUT2D eigenvalue weighted by atomic mass is 16.6. The number of anilines is 1. The zero-order valence-corrected chi connectivity index (χ0v) is 12.5. The molecule has 0 bridgehead atoms. The van der Waals surface area contributed by atoms with E-state index in [0.717, 1.165) is 31.6 Å². The van der Waals surface area contributed by atoms with Crippen LogP contribution in [0.2, 0.25) is 0 Å². The summed E-state index contributed by atoms with van der Waals surface area (Å²) in [5.41, 5.74) is 0.902. The van der Waals surface area contributed by atoms with E-state index in [1.54, 1.807) is 19.1 Å². The van der Waals surface area contributed by atoms with Crippen LogP contribution in [0.25, 0.3) is 0 Å². The van der Waals surface area contributed by atoms with Crippen molar-refractivity contribution in [2.24, 2.45) is 5.92 Å². The van der Waals surface area contributed by atoms with Crippen LogP contribution in [0.1, 0.15) is 26.7 Å². The van der Waals surface area contributed by atoms with Crippen LogP contribution < -0.4 is 9.64 Å². The Kier molecular flexibility index (Phi) is 5.01. The minimum absolute atomic E-state index is 0.00955. The molecule has 0 aromatic heterocycles. The summed E-state index contributed by atoms with van der Waals surface area (Å²) in [7, 11) is 0. The zero-order chi connectivity index (χ0) is 15.4. The van der Waals surface area contributed by atoms with E-state index in [-0.39, 0.29) is 17.7 Å². The Hall–Kier alpha value is -1.82. The molecule has 1 aliphatic rings. The second-order valence-corrected chi connectivity index (χ2v) is 5.43. The number of hydrogen-bond acceptors (Lipinski definition) is 5. The van der Waals surface area contributed by atoms with E-state index in [0.29, 0.717) is 12.4 Å². The van der Waals surface area contributed by atoms with Gasteiger partial charge in [-0.25, -0.2) is 0 Å². The van der Waals surface area contributed by atoms with Gasteiger partial charge in [0, 0.05) is 36.8 Å². The highest BCUT2D eigenvalue weighted by Gasteiger charge is 2.25. The quantitative estimate of drug-likeness (QED) is 0.667. The van der Waals surface area contributed by atoms with E-state index in [9.17, 15) is 15.2 Å². The molecule has 1 N–H and O–H groups in total. The van der Waals surface area contributed by atoms with Crippen molar-refractivity contribution in [2.75, 3.05) is 24.6 Å². The Labute approximate surface area is 124 Å². The van der Waals surface area contributed by atoms with Crippen molar-refractivity contribution in [1.82, 2.24) is 0 Å². The molecule has 0 spiro atoms. The lowest BCUT2D eigenvalue weighted by Gasteiger charge is -2.35. The molecule has 1 aromatic carbocycles. The van der Waals surface area contributed by atoms with E-state index >= 15 is 0 Å². The third-order valence-corrected chi connectivity index (χ3v) is 3.95. The molecule has 0 radical (unpaired) electrons. The zero-order valence-electron chi connectivity index (χ0n) is 12.5. The lowest BCUT2D eigenvalue weighted by molar-refractivity contribution is -0.385. The largest absolute Gasteiger partial charge is 0.487 e. The Morgan fingerprint density at radius 2 is 2.33 bits per heavy atom. The van der Waals surface area contributed by atoms with Crippen molar-refractivity contribution in [3.63, 3.8) is 0 Å². The van der Waals surface area contributed by atoms with Crippen molar-refractivity contribution in [3.8, 4) is 5.75 Å². The highest BCUT2D eigenvalue weighted by molar-refractivity contribution is 5.59. The first-order valence-electron chi connectivity index (χ1n) is 7.37. The van der Waals surface area contributed by atoms with E-state index in [2.05, 4.69) is 4.90 Å². The SMILES string of the molecule is CCOc1cc(N2CCCC(C(C)O)C2)ccc1[N+](=O)[O-]. The first-order chi connectivity index (χ1) is 10.0. The van der Waals surface area contributed by atoms with Crippen LogP contribution in [0.5, 0.6) is 5.75 Å². The lowest BCUT2D eigenvalue weighted by atomic mass is 9.93. The highest BCUT2D eigenvalue weighted by Crippen LogP contribution is 2.33. The normalized spacial score (nSPS) is 20.1. The number of benzene rings is 1. The predicted molar refractivity (Wildman–Crippen MR) is 80.9 cm³/mol. The maximum atomic E-state index is 11.0. The molecule has 6 nitrogen and oxygen atoms in total. The molecule has 2 atom stereocenters. The standard InChI is InChI=1S/C15H22N2O4/c1-3-21-15-9-13(6-7-14(15)17(19)20)16-8-4-5-12(10-16)11(2)18/h6-7,9,11-12,18H,3-5,8,10H2,1-2H3. The number of ether oxygens (including phenoxy) is 1. The summed E-state index contributed by atoms with van der Waals surface area (Å²) in [6, 6.07) is 4.98. The van der Waals surface area contributed by atoms with E-state index in [1.165, 1.54) is 6.07 Å². The Morgan fingerprint density at radius 3 is 2.95 bits per heavy atom. The van der Waals surface area contributed by atoms with Crippen molar-refractivity contribution in [2.45, 2.75) is 32.8 Å². The molecule has 6 heteroatoms. The van der Waals surface area contributed by atoms with E-state index < -0.39 is 4.92 Å². The van der Waals surface area contributed by atoms with Crippen LogP contribution in [0, 0.1) is 16.0 Å². The molecule has 1 aliphatic heterocycles. The summed E-state index contributed by atoms with van der Waals surface area (Å²) in [5.74, 6) is 0.545. The van der Waals surface area contributed by atoms with Gasteiger partial charge in [0.2, 0.25) is 0 Å². The van der Waals surface area contributed by atoms with Crippen LogP contribution in [-0.4, -0.2) is 35.8 Å². The average Bonchev–Trinajstić information content (AvgIpc) is 2.47. The summed E-state index contributed by atoms with van der Waals surface area (Å²) in [6.45, 7) is 5.67. The predicted octanol–water partition coefficient (Wildman–Crippen LogP) is 2.59. The fourth-order valence-electron chi connectivity index (χ4n) is 2.76. The molecule has 0 saturated carbocycles. The van der Waals surface area contributed by atoms with Gasteiger partial charge in [0.25, 0.3) is 0 Å². The Morgan fingerprint density at radius 1 is 1.57 bits per heavy atom. The molecule has 21 heavy (non-hydrogen) atoms. The summed E-state index contributed by atoms with van der Waals surface area (Å²) in [5, 5.41) is 20.8. The van der Waals surface area contributed by atoms with Crippen LogP contribution in [-0.2, 0) is 0 Å². The monoisotopic (exact) mass is 294 g/mol. The summed E-state index contributed by atoms with van der Waals surface area (Å²) in [4.78, 5) is 12.7. The molecule has 2 rings (SSSR count). The second-order valence-electron chi connectivity index (χ2n) is 5.43. The van der Waals surface area contributed by atoms with Gasteiger partial charge in [-0.15, -0.1) is 0 Å². The first kappa shape index (κ1) is 15.6. The average molecular weight is 294 g/mol. The number of nitro benzene ring substituents is 1. The fraction of sp³-hybridized carbons (Fsp3) is 0.600. The van der Waals surface area contributed by atoms with Gasteiger partial charge in [0.15, 0.2) is 5.75 Å². The Balaban J connectivity index is 2.23. The van der Waals surface area contributed by atoms with Crippen molar-refractivity contribution in [3.05, 3.63) is 28.3 Å². The van der Waals surface area contributed by atoms with Crippen molar-refractivity contribution < 1.29 is 14.8 Å². The summed E-state index contributed by atoms with van der Waals surface area (Å²) >= 11 is 0. The molecule has 0 aliphatic carbocycles. The van der Waals surface area contributed by atoms with E-state index in [1.807, 2.05) is 6.92 Å². The number of aliphatic hydroxyl groups is 1. The molecular weight excluding hydrogens is 272 g/mol. The van der Waals surface area contributed by atoms with Crippen LogP contribution in [0.4, 0.5) is 11.4 Å². The van der Waals surface area contributed by atoms with Gasteiger partial charge in [-0.3, -0.25) is 10.1 Å². The number of nitrogens with zero attached hydrogens (tertiary/aromatic N) is 2. The molecule has 2 unspecified atom stereocenters. The van der Waals surface area contributed by atoms with E-state index in [4.69, 9.17) is 4.74 Å². The first-order valence-corrected chi connectivity index (χ1v) is 7.37. The van der Waals surface area contributed by atoms with Crippen molar-refractivity contribution >= 4 is 11.4 Å². The number of piperidine rings is 1. The van der Waals surface area contributed by atoms with Gasteiger partial charge in [0.05, 0.1) is 17.6 Å². The molecule has 1 heterocycles. The third-order valence-electron chi connectivity index (χ3n) is 3.95. The molecule has 116 valence electrons. The minimum Gasteiger partial charge on any atom is -0.487 e. The topological polar surface area (TPSA) is 75.8 Å². The summed E-state index contributed by atoms with van der Waals surface area (Å²) < 4.78 is 5.39. The number of hydrogen-bond donors (Lipinski definition) is 1. The van der Waals surface area contributed by atoms with Crippen molar-refractivity contribution in [1.29, 1.82) is 0 Å². The maximum absolute atomic E-state index is 11.0. The van der Waals surface area contributed by atoms with Gasteiger partial charge in [0.1, 0.15) is 0 Å². The van der Waals surface area contributed by atoms with Gasteiger partial charge >= 0.3 is 5.69 Å². The van der Waals surface area contributed by atoms with Gasteiger partial charge in [-0.05, 0) is 32.8 Å². The minimum atomic E-state index is -0.427. The Bertz CT molecular complexity index is 504. The van der Waals surface area contributed by atoms with Gasteiger partial charge < -0.3 is 14.7 Å². The molecule has 1 aromatic rings. The van der Waals surface area contributed by atoms with Crippen LogP contribution >= 0.6 is 0 Å². The maximum Gasteiger partial charge on any atom is 0.311 e. The smallest absolute Gasteiger partial charge is 0.311 e. The van der Waals surface area contributed by atoms with Gasteiger partial charge in [-0.1, -0.05) is 0 Å². The molecular formula is C15H22N2O4. The molecule has 0 amide bonds. The lowest BCUT2D eigenvalue weighted by Crippen LogP contribution is -2.39. The second kappa shape index (κ2) is 6.76. The molecule has 1 saturated heterocycles. The number of aliphatic hydroxyl groups excluding tert-OH is 1. The summed E-state index contributed by atoms with van der Waals surface area (Å²) in [6.07, 6.45) is 1.69.